The first kappa shape index (κ1) is 14.9. The number of anilines is 2. The molecule has 0 radical (unpaired) electrons. The van der Waals surface area contributed by atoms with Crippen LogP contribution in [0.1, 0.15) is 12.8 Å². The van der Waals surface area contributed by atoms with Crippen LogP contribution in [0.15, 0.2) is 23.3 Å². The van der Waals surface area contributed by atoms with E-state index in [0.29, 0.717) is 23.9 Å². The van der Waals surface area contributed by atoms with Gasteiger partial charge in [0.05, 0.1) is 5.69 Å². The molecular formula is C16H19N5O3. The summed E-state index contributed by atoms with van der Waals surface area (Å²) in [7, 11) is 0. The summed E-state index contributed by atoms with van der Waals surface area (Å²) in [6, 6.07) is 5.47. The van der Waals surface area contributed by atoms with E-state index in [4.69, 9.17) is 4.74 Å². The van der Waals surface area contributed by atoms with Crippen LogP contribution in [-0.2, 0) is 9.59 Å². The first-order valence-electron chi connectivity index (χ1n) is 8.12. The number of ether oxygens (including phenoxy) is 1. The number of carbonyl (C=O) groups excluding carboxylic acids is 2. The van der Waals surface area contributed by atoms with Gasteiger partial charge in [-0.05, 0) is 44.1 Å². The van der Waals surface area contributed by atoms with E-state index >= 15 is 0 Å². The van der Waals surface area contributed by atoms with E-state index < -0.39 is 0 Å². The third kappa shape index (κ3) is 2.80. The highest BCUT2D eigenvalue weighted by atomic mass is 16.5. The Morgan fingerprint density at radius 3 is 3.00 bits per heavy atom. The van der Waals surface area contributed by atoms with E-state index in [0.717, 1.165) is 31.6 Å². The second-order valence-electron chi connectivity index (χ2n) is 6.13. The molecule has 0 bridgehead atoms. The number of carbonyl (C=O) groups is 2. The maximum atomic E-state index is 12.4. The molecule has 3 N–H and O–H groups in total. The molecule has 0 unspecified atom stereocenters. The quantitative estimate of drug-likeness (QED) is 0.724. The SMILES string of the molecule is O=C1CN2C(=NN1)COc1ccc(NC(=O)C3CCNCC3)cc12. The van der Waals surface area contributed by atoms with Gasteiger partial charge in [0.25, 0.3) is 5.91 Å². The average Bonchev–Trinajstić information content (AvgIpc) is 2.62. The number of fused-ring (bicyclic) bond motifs is 3. The van der Waals surface area contributed by atoms with E-state index in [1.807, 2.05) is 23.1 Å². The fourth-order valence-corrected chi connectivity index (χ4v) is 3.19. The molecule has 0 spiro atoms. The second kappa shape index (κ2) is 6.12. The number of hydrogen-bond acceptors (Lipinski definition) is 6. The maximum Gasteiger partial charge on any atom is 0.260 e. The molecule has 0 atom stereocenters. The third-order valence-electron chi connectivity index (χ3n) is 4.51. The predicted molar refractivity (Wildman–Crippen MR) is 89.1 cm³/mol. The average molecular weight is 329 g/mol. The van der Waals surface area contributed by atoms with Crippen molar-refractivity contribution in [1.29, 1.82) is 0 Å². The molecule has 2 amide bonds. The lowest BCUT2D eigenvalue weighted by molar-refractivity contribution is -0.121. The molecular weight excluding hydrogens is 310 g/mol. The van der Waals surface area contributed by atoms with E-state index in [-0.39, 0.29) is 24.3 Å². The number of nitrogens with one attached hydrogen (secondary N) is 3. The van der Waals surface area contributed by atoms with Gasteiger partial charge < -0.3 is 20.3 Å². The standard InChI is InChI=1S/C16H19N5O3/c22-15-8-21-12-7-11(18-16(23)10-3-5-17-6-4-10)1-2-13(12)24-9-14(21)19-20-15/h1-2,7,10,17H,3-6,8-9H2,(H,18,23)(H,20,22). The molecule has 3 aliphatic heterocycles. The minimum atomic E-state index is -0.171. The lowest BCUT2D eigenvalue weighted by atomic mass is 9.97. The Labute approximate surface area is 139 Å². The van der Waals surface area contributed by atoms with Gasteiger partial charge in [-0.25, -0.2) is 5.43 Å². The molecule has 0 aliphatic carbocycles. The highest BCUT2D eigenvalue weighted by Gasteiger charge is 2.29. The number of benzene rings is 1. The van der Waals surface area contributed by atoms with E-state index in [2.05, 4.69) is 21.2 Å². The normalized spacial score (nSPS) is 20.2. The van der Waals surface area contributed by atoms with Gasteiger partial charge in [-0.2, -0.15) is 5.10 Å². The number of rotatable bonds is 2. The zero-order chi connectivity index (χ0) is 16.5. The van der Waals surface area contributed by atoms with Crippen molar-refractivity contribution in [2.45, 2.75) is 12.8 Å². The predicted octanol–water partition coefficient (Wildman–Crippen LogP) is 0.267. The molecule has 3 heterocycles. The Kier molecular flexibility index (Phi) is 3.81. The highest BCUT2D eigenvalue weighted by Crippen LogP contribution is 2.35. The second-order valence-corrected chi connectivity index (χ2v) is 6.13. The molecule has 4 rings (SSSR count). The van der Waals surface area contributed by atoms with Crippen LogP contribution in [0.4, 0.5) is 11.4 Å². The van der Waals surface area contributed by atoms with Gasteiger partial charge in [-0.3, -0.25) is 9.59 Å². The maximum absolute atomic E-state index is 12.4. The Morgan fingerprint density at radius 1 is 1.33 bits per heavy atom. The third-order valence-corrected chi connectivity index (χ3v) is 4.51. The van der Waals surface area contributed by atoms with Gasteiger partial charge >= 0.3 is 0 Å². The monoisotopic (exact) mass is 329 g/mol. The van der Waals surface area contributed by atoms with Crippen LogP contribution in [0, 0.1) is 5.92 Å². The summed E-state index contributed by atoms with van der Waals surface area (Å²) in [5.41, 5.74) is 3.90. The summed E-state index contributed by atoms with van der Waals surface area (Å²) < 4.78 is 5.66. The number of amidine groups is 1. The largest absolute Gasteiger partial charge is 0.483 e. The Bertz CT molecular complexity index is 712. The summed E-state index contributed by atoms with van der Waals surface area (Å²) in [5, 5.41) is 10.3. The van der Waals surface area contributed by atoms with Gasteiger partial charge in [-0.1, -0.05) is 0 Å². The summed E-state index contributed by atoms with van der Waals surface area (Å²) in [6.07, 6.45) is 1.70. The number of amides is 2. The molecule has 8 nitrogen and oxygen atoms in total. The minimum absolute atomic E-state index is 0.0384. The van der Waals surface area contributed by atoms with E-state index in [1.165, 1.54) is 0 Å². The fourth-order valence-electron chi connectivity index (χ4n) is 3.19. The van der Waals surface area contributed by atoms with Crippen LogP contribution in [0.25, 0.3) is 0 Å². The lowest BCUT2D eigenvalue weighted by Crippen LogP contribution is -2.49. The van der Waals surface area contributed by atoms with E-state index in [1.54, 1.807) is 0 Å². The minimum Gasteiger partial charge on any atom is -0.483 e. The Morgan fingerprint density at radius 2 is 2.17 bits per heavy atom. The highest BCUT2D eigenvalue weighted by molar-refractivity contribution is 6.08. The van der Waals surface area contributed by atoms with Gasteiger partial charge in [0.2, 0.25) is 5.91 Å². The van der Waals surface area contributed by atoms with Crippen molar-refractivity contribution < 1.29 is 14.3 Å². The zero-order valence-corrected chi connectivity index (χ0v) is 13.2. The van der Waals surface area contributed by atoms with Crippen LogP contribution in [0.5, 0.6) is 5.75 Å². The zero-order valence-electron chi connectivity index (χ0n) is 13.2. The number of hydrogen-bond donors (Lipinski definition) is 3. The van der Waals surface area contributed by atoms with Crippen molar-refractivity contribution in [3.8, 4) is 5.75 Å². The summed E-state index contributed by atoms with van der Waals surface area (Å²) in [6.45, 7) is 2.26. The molecule has 1 saturated heterocycles. The molecule has 8 heteroatoms. The first-order chi connectivity index (χ1) is 11.7. The first-order valence-corrected chi connectivity index (χ1v) is 8.12. The number of hydrazone groups is 1. The van der Waals surface area contributed by atoms with Gasteiger partial charge in [-0.15, -0.1) is 0 Å². The summed E-state index contributed by atoms with van der Waals surface area (Å²) >= 11 is 0. The van der Waals surface area contributed by atoms with Crippen LogP contribution < -0.4 is 25.7 Å². The van der Waals surface area contributed by atoms with Crippen molar-refractivity contribution in [3.63, 3.8) is 0 Å². The molecule has 1 fully saturated rings. The van der Waals surface area contributed by atoms with Crippen LogP contribution >= 0.6 is 0 Å². The summed E-state index contributed by atoms with van der Waals surface area (Å²) in [5.74, 6) is 1.25. The fraction of sp³-hybridized carbons (Fsp3) is 0.438. The topological polar surface area (TPSA) is 95.1 Å². The molecule has 24 heavy (non-hydrogen) atoms. The van der Waals surface area contributed by atoms with Crippen LogP contribution in [0.2, 0.25) is 0 Å². The molecule has 3 aliphatic rings. The van der Waals surface area contributed by atoms with Crippen molar-refractivity contribution in [1.82, 2.24) is 10.7 Å². The van der Waals surface area contributed by atoms with Crippen LogP contribution in [-0.4, -0.2) is 43.9 Å². The van der Waals surface area contributed by atoms with Crippen LogP contribution in [0.3, 0.4) is 0 Å². The molecule has 126 valence electrons. The van der Waals surface area contributed by atoms with Crippen molar-refractivity contribution in [2.24, 2.45) is 11.0 Å². The number of nitrogens with zero attached hydrogens (tertiary/aromatic N) is 2. The summed E-state index contributed by atoms with van der Waals surface area (Å²) in [4.78, 5) is 25.8. The smallest absolute Gasteiger partial charge is 0.260 e. The Balaban J connectivity index is 1.55. The van der Waals surface area contributed by atoms with Gasteiger partial charge in [0.15, 0.2) is 5.84 Å². The molecule has 0 saturated carbocycles. The van der Waals surface area contributed by atoms with Gasteiger partial charge in [0.1, 0.15) is 18.9 Å². The van der Waals surface area contributed by atoms with Crippen molar-refractivity contribution in [2.75, 3.05) is 36.5 Å². The molecule has 0 aromatic heterocycles. The Hall–Kier alpha value is -2.61. The van der Waals surface area contributed by atoms with Crippen molar-refractivity contribution >= 4 is 29.0 Å². The van der Waals surface area contributed by atoms with Gasteiger partial charge in [0, 0.05) is 11.6 Å². The number of piperidine rings is 1. The van der Waals surface area contributed by atoms with E-state index in [9.17, 15) is 9.59 Å². The molecule has 1 aromatic rings. The molecule has 1 aromatic carbocycles. The van der Waals surface area contributed by atoms with Crippen molar-refractivity contribution in [3.05, 3.63) is 18.2 Å². The lowest BCUT2D eigenvalue weighted by Gasteiger charge is -2.34.